The van der Waals surface area contributed by atoms with Gasteiger partial charge in [-0.05, 0) is 69.4 Å². The van der Waals surface area contributed by atoms with E-state index in [9.17, 15) is 26.7 Å². The molecule has 1 aliphatic heterocycles. The van der Waals surface area contributed by atoms with Crippen LogP contribution < -0.4 is 15.8 Å². The topological polar surface area (TPSA) is 85.4 Å². The van der Waals surface area contributed by atoms with E-state index in [-0.39, 0.29) is 45.4 Å². The number of aryl methyl sites for hydroxylation is 1. The lowest BCUT2D eigenvalue weighted by Crippen LogP contribution is -2.29. The summed E-state index contributed by atoms with van der Waals surface area (Å²) in [4.78, 5) is 15.5. The van der Waals surface area contributed by atoms with Crippen LogP contribution in [0, 0.1) is 29.4 Å². The Balaban J connectivity index is 1.66. The fraction of sp³-hybridized carbons (Fsp3) is 0.267. The highest BCUT2D eigenvalue weighted by Crippen LogP contribution is 2.43. The zero-order valence-electron chi connectivity index (χ0n) is 23.0. The number of piperidine rings is 1. The van der Waals surface area contributed by atoms with Crippen molar-refractivity contribution in [2.24, 2.45) is 13.0 Å². The van der Waals surface area contributed by atoms with Gasteiger partial charge in [0.15, 0.2) is 11.6 Å². The summed E-state index contributed by atoms with van der Waals surface area (Å²) in [5.41, 5.74) is 5.07. The van der Waals surface area contributed by atoms with Crippen LogP contribution in [0.1, 0.15) is 34.3 Å². The first-order valence-corrected chi connectivity index (χ1v) is 13.5. The van der Waals surface area contributed by atoms with Crippen LogP contribution in [0.4, 0.5) is 33.5 Å². The van der Waals surface area contributed by atoms with Crippen LogP contribution in [0.3, 0.4) is 0 Å². The molecule has 0 aliphatic carbocycles. The number of likely N-dealkylation sites (tertiary alicyclic amines) is 1. The largest absolute Gasteiger partial charge is 0.453 e. The molecule has 13 heteroatoms. The molecule has 43 heavy (non-hydrogen) atoms. The van der Waals surface area contributed by atoms with Gasteiger partial charge in [0.05, 0.1) is 32.7 Å². The molecule has 3 aromatic carbocycles. The lowest BCUT2D eigenvalue weighted by molar-refractivity contribution is -0.137. The molecular formula is C30H25ClF5N5O2. The minimum atomic E-state index is -4.89. The van der Waals surface area contributed by atoms with Gasteiger partial charge in [-0.25, -0.2) is 8.78 Å². The minimum Gasteiger partial charge on any atom is -0.453 e. The highest BCUT2D eigenvalue weighted by Gasteiger charge is 2.32. The molecule has 1 aromatic heterocycles. The Hall–Kier alpha value is -4.34. The van der Waals surface area contributed by atoms with Gasteiger partial charge < -0.3 is 20.7 Å². The van der Waals surface area contributed by atoms with Crippen molar-refractivity contribution in [1.29, 1.82) is 0 Å². The minimum absolute atomic E-state index is 0.0245. The number of aromatic nitrogens is 2. The zero-order chi connectivity index (χ0) is 31.1. The third-order valence-electron chi connectivity index (χ3n) is 7.06. The van der Waals surface area contributed by atoms with Crippen LogP contribution in [0.5, 0.6) is 11.5 Å². The Kier molecular flexibility index (Phi) is 8.23. The molecule has 0 radical (unpaired) electrons. The van der Waals surface area contributed by atoms with Gasteiger partial charge in [-0.15, -0.1) is 0 Å². The van der Waals surface area contributed by atoms with Crippen LogP contribution in [0.25, 0.3) is 10.9 Å². The zero-order valence-corrected chi connectivity index (χ0v) is 23.7. The van der Waals surface area contributed by atoms with Crippen molar-refractivity contribution in [1.82, 2.24) is 14.7 Å². The second-order valence-electron chi connectivity index (χ2n) is 10.2. The van der Waals surface area contributed by atoms with E-state index in [4.69, 9.17) is 22.1 Å². The number of halogens is 6. The summed E-state index contributed by atoms with van der Waals surface area (Å²) in [6, 6.07) is 6.35. The van der Waals surface area contributed by atoms with Crippen molar-refractivity contribution in [2.45, 2.75) is 19.0 Å². The molecule has 3 N–H and O–H groups in total. The SMILES string of the molecule is CN1CCC(C#Cc2cc(NC(=O)c3cc(F)cc(C(F)(F)F)c3)c(Oc3cc(F)ccc3Cl)c3c(N)nn(C)c23)CC1. The Morgan fingerprint density at radius 1 is 1.09 bits per heavy atom. The summed E-state index contributed by atoms with van der Waals surface area (Å²) in [7, 11) is 3.66. The molecule has 1 amide bonds. The van der Waals surface area contributed by atoms with E-state index in [1.54, 1.807) is 7.05 Å². The van der Waals surface area contributed by atoms with Gasteiger partial charge in [0.25, 0.3) is 5.91 Å². The predicted molar refractivity (Wildman–Crippen MR) is 153 cm³/mol. The highest BCUT2D eigenvalue weighted by molar-refractivity contribution is 6.32. The molecule has 0 bridgehead atoms. The van der Waals surface area contributed by atoms with Crippen molar-refractivity contribution >= 4 is 39.9 Å². The summed E-state index contributed by atoms with van der Waals surface area (Å²) in [5.74, 6) is 3.25. The van der Waals surface area contributed by atoms with Crippen molar-refractivity contribution in [3.8, 4) is 23.3 Å². The number of carbonyl (C=O) groups excluding carboxylic acids is 1. The summed E-state index contributed by atoms with van der Waals surface area (Å²) in [6.07, 6.45) is -3.19. The number of nitrogens with zero attached hydrogens (tertiary/aromatic N) is 3. The van der Waals surface area contributed by atoms with Crippen LogP contribution in [0.2, 0.25) is 5.02 Å². The van der Waals surface area contributed by atoms with Crippen LogP contribution >= 0.6 is 11.6 Å². The number of carbonyl (C=O) groups is 1. The molecule has 5 rings (SSSR count). The lowest BCUT2D eigenvalue weighted by Gasteiger charge is -2.25. The fourth-order valence-corrected chi connectivity index (χ4v) is 5.02. The number of hydrogen-bond donors (Lipinski definition) is 2. The van der Waals surface area contributed by atoms with E-state index in [0.717, 1.165) is 38.1 Å². The van der Waals surface area contributed by atoms with E-state index in [1.165, 1.54) is 16.8 Å². The first-order chi connectivity index (χ1) is 20.3. The number of ether oxygens (including phenoxy) is 1. The van der Waals surface area contributed by atoms with Gasteiger partial charge in [-0.3, -0.25) is 9.48 Å². The fourth-order valence-electron chi connectivity index (χ4n) is 4.86. The van der Waals surface area contributed by atoms with E-state index in [1.807, 2.05) is 7.05 Å². The second-order valence-corrected chi connectivity index (χ2v) is 10.6. The quantitative estimate of drug-likeness (QED) is 0.193. The number of alkyl halides is 3. The lowest BCUT2D eigenvalue weighted by atomic mass is 9.97. The number of nitrogens with one attached hydrogen (secondary N) is 1. The summed E-state index contributed by atoms with van der Waals surface area (Å²) in [5, 5.41) is 7.00. The molecule has 1 saturated heterocycles. The molecule has 0 spiro atoms. The third kappa shape index (κ3) is 6.53. The second kappa shape index (κ2) is 11.7. The average Bonchev–Trinajstić information content (AvgIpc) is 3.24. The number of benzene rings is 3. The normalized spacial score (nSPS) is 14.4. The number of nitrogens with two attached hydrogens (primary N) is 1. The average molecular weight is 618 g/mol. The van der Waals surface area contributed by atoms with E-state index >= 15 is 0 Å². The monoisotopic (exact) mass is 617 g/mol. The number of anilines is 2. The van der Waals surface area contributed by atoms with Crippen LogP contribution in [-0.4, -0.2) is 40.7 Å². The molecule has 0 atom stereocenters. The molecule has 2 heterocycles. The van der Waals surface area contributed by atoms with Crippen molar-refractivity contribution in [3.63, 3.8) is 0 Å². The first kappa shape index (κ1) is 30.1. The van der Waals surface area contributed by atoms with Crippen molar-refractivity contribution in [3.05, 3.63) is 75.8 Å². The van der Waals surface area contributed by atoms with Gasteiger partial charge in [-0.1, -0.05) is 23.4 Å². The number of nitrogen functional groups attached to an aromatic ring is 1. The van der Waals surface area contributed by atoms with E-state index in [2.05, 4.69) is 27.2 Å². The molecular weight excluding hydrogens is 593 g/mol. The third-order valence-corrected chi connectivity index (χ3v) is 7.37. The number of fused-ring (bicyclic) bond motifs is 1. The van der Waals surface area contributed by atoms with E-state index in [0.29, 0.717) is 23.2 Å². The van der Waals surface area contributed by atoms with Gasteiger partial charge in [0.1, 0.15) is 17.4 Å². The molecule has 224 valence electrons. The van der Waals surface area contributed by atoms with Crippen molar-refractivity contribution < 1.29 is 31.5 Å². The summed E-state index contributed by atoms with van der Waals surface area (Å²) in [6.45, 7) is 1.76. The molecule has 4 aromatic rings. The molecule has 0 unspecified atom stereocenters. The van der Waals surface area contributed by atoms with Gasteiger partial charge in [0, 0.05) is 24.6 Å². The Bertz CT molecular complexity index is 1790. The van der Waals surface area contributed by atoms with Gasteiger partial charge in [0.2, 0.25) is 0 Å². The van der Waals surface area contributed by atoms with E-state index < -0.39 is 34.8 Å². The van der Waals surface area contributed by atoms with Crippen LogP contribution in [-0.2, 0) is 13.2 Å². The smallest absolute Gasteiger partial charge is 0.416 e. The van der Waals surface area contributed by atoms with Gasteiger partial charge in [-0.2, -0.15) is 18.3 Å². The number of hydrogen-bond acceptors (Lipinski definition) is 5. The first-order valence-electron chi connectivity index (χ1n) is 13.1. The number of amides is 1. The van der Waals surface area contributed by atoms with Gasteiger partial charge >= 0.3 is 6.18 Å². The summed E-state index contributed by atoms with van der Waals surface area (Å²) >= 11 is 6.25. The standard InChI is InChI=1S/C30H25ClF5N5O2/c1-40-9-7-16(8-10-40)3-4-17-13-23(38-29(42)18-11-19(30(34,35)36)14-21(33)12-18)27(25-26(17)41(2)39-28(25)37)43-24-15-20(32)5-6-22(24)31/h5-6,11-16H,7-10H2,1-2H3,(H2,37,39)(H,38,42). The summed E-state index contributed by atoms with van der Waals surface area (Å²) < 4.78 is 75.8. The molecule has 7 nitrogen and oxygen atoms in total. The number of rotatable bonds is 4. The highest BCUT2D eigenvalue weighted by atomic mass is 35.5. The predicted octanol–water partition coefficient (Wildman–Crippen LogP) is 6.84. The maximum Gasteiger partial charge on any atom is 0.416 e. The maximum absolute atomic E-state index is 14.1. The Labute approximate surface area is 248 Å². The maximum atomic E-state index is 14.1. The molecule has 0 saturated carbocycles. The Morgan fingerprint density at radius 2 is 1.81 bits per heavy atom. The molecule has 1 fully saturated rings. The van der Waals surface area contributed by atoms with Crippen molar-refractivity contribution in [2.75, 3.05) is 31.2 Å². The van der Waals surface area contributed by atoms with Crippen LogP contribution in [0.15, 0.2) is 42.5 Å². The molecule has 1 aliphatic rings. The Morgan fingerprint density at radius 3 is 2.51 bits per heavy atom.